The van der Waals surface area contributed by atoms with E-state index in [1.165, 1.54) is 31.3 Å². The Balaban J connectivity index is 0.00000162. The molecule has 2 rings (SSSR count). The number of ketones is 1. The van der Waals surface area contributed by atoms with Crippen molar-refractivity contribution in [3.63, 3.8) is 0 Å². The van der Waals surface area contributed by atoms with E-state index in [2.05, 4.69) is 33.8 Å². The number of carbonyl (C=O) groups excluding carboxylic acids is 1. The van der Waals surface area contributed by atoms with Crippen LogP contribution in [0.25, 0.3) is 0 Å². The minimum Gasteiger partial charge on any atom is -0.339 e. The van der Waals surface area contributed by atoms with Crippen LogP contribution in [0.1, 0.15) is 46.5 Å². The second-order valence-corrected chi connectivity index (χ2v) is 6.27. The van der Waals surface area contributed by atoms with Crippen LogP contribution in [-0.2, 0) is 37.5 Å². The number of Topliss-reactive ketones (excluding diaryl/α,β-unsaturated/α-hetero) is 1. The van der Waals surface area contributed by atoms with E-state index in [0.717, 1.165) is 11.8 Å². The number of hydrogen-bond donors (Lipinski definition) is 0. The standard InChI is InChI=1S/C16H25O.Y/c1-10-5-7-14-11(2)6-8-15(16(14)9-10)12(3)13(4)17;/h9,11-12,14-16H,4-8H2,1-3H3;/q-1;/t11-,12?,14+,15+,16+;/m1./s1. The molecule has 2 aliphatic rings. The zero-order valence-electron chi connectivity index (χ0n) is 12.0. The average molecular weight is 322 g/mol. The van der Waals surface area contributed by atoms with Gasteiger partial charge in [-0.2, -0.15) is 0 Å². The molecule has 0 aromatic rings. The Kier molecular flexibility index (Phi) is 6.12. The smallest absolute Gasteiger partial charge is 0 e. The fourth-order valence-electron chi connectivity index (χ4n) is 3.91. The van der Waals surface area contributed by atoms with Crippen LogP contribution in [0.2, 0.25) is 0 Å². The van der Waals surface area contributed by atoms with E-state index in [9.17, 15) is 4.79 Å². The molecular weight excluding hydrogens is 297 g/mol. The van der Waals surface area contributed by atoms with E-state index >= 15 is 0 Å². The summed E-state index contributed by atoms with van der Waals surface area (Å²) >= 11 is 0. The summed E-state index contributed by atoms with van der Waals surface area (Å²) in [6, 6.07) is 0. The maximum Gasteiger partial charge on any atom is 0 e. The molecule has 1 radical (unpaired) electrons. The van der Waals surface area contributed by atoms with Gasteiger partial charge in [0, 0.05) is 32.7 Å². The summed E-state index contributed by atoms with van der Waals surface area (Å²) in [4.78, 5) is 11.5. The first-order valence-electron chi connectivity index (χ1n) is 7.03. The fraction of sp³-hybridized carbons (Fsp3) is 0.750. The van der Waals surface area contributed by atoms with E-state index in [0.29, 0.717) is 11.8 Å². The molecule has 99 valence electrons. The molecule has 1 unspecified atom stereocenters. The monoisotopic (exact) mass is 322 g/mol. The van der Waals surface area contributed by atoms with Crippen LogP contribution in [-0.4, -0.2) is 5.78 Å². The zero-order chi connectivity index (χ0) is 12.6. The molecule has 0 bridgehead atoms. The van der Waals surface area contributed by atoms with Crippen LogP contribution < -0.4 is 0 Å². The number of fused-ring (bicyclic) bond motifs is 1. The molecule has 1 saturated carbocycles. The number of carbonyl (C=O) groups is 1. The molecule has 0 aliphatic heterocycles. The molecule has 0 aromatic carbocycles. The molecule has 5 atom stereocenters. The molecular formula is C16H25OY-. The largest absolute Gasteiger partial charge is 0.339 e. The summed E-state index contributed by atoms with van der Waals surface area (Å²) in [7, 11) is 0. The Morgan fingerprint density at radius 3 is 2.67 bits per heavy atom. The van der Waals surface area contributed by atoms with Crippen LogP contribution in [0.5, 0.6) is 0 Å². The molecule has 0 spiro atoms. The Morgan fingerprint density at radius 1 is 1.39 bits per heavy atom. The summed E-state index contributed by atoms with van der Waals surface area (Å²) in [5.74, 6) is 3.06. The molecule has 2 heteroatoms. The zero-order valence-corrected chi connectivity index (χ0v) is 14.8. The van der Waals surface area contributed by atoms with Crippen molar-refractivity contribution in [2.75, 3.05) is 0 Å². The van der Waals surface area contributed by atoms with Crippen LogP contribution in [0.15, 0.2) is 11.6 Å². The number of rotatable bonds is 2. The maximum absolute atomic E-state index is 11.5. The average Bonchev–Trinajstić information content (AvgIpc) is 2.28. The Morgan fingerprint density at radius 2 is 2.06 bits per heavy atom. The first-order valence-corrected chi connectivity index (χ1v) is 7.03. The van der Waals surface area contributed by atoms with Crippen LogP contribution in [0.3, 0.4) is 0 Å². The SMILES string of the molecule is [CH2-]C(=O)C(C)[C@@H]1CC[C@@H](C)[C@@H]2CCC(C)=C[C@@H]21.[Y]. The van der Waals surface area contributed by atoms with Crippen LogP contribution >= 0.6 is 0 Å². The van der Waals surface area contributed by atoms with Crippen molar-refractivity contribution < 1.29 is 37.5 Å². The topological polar surface area (TPSA) is 17.1 Å². The first-order chi connectivity index (χ1) is 8.00. The first kappa shape index (κ1) is 16.4. The molecule has 2 aliphatic carbocycles. The van der Waals surface area contributed by atoms with Gasteiger partial charge in [0.15, 0.2) is 0 Å². The van der Waals surface area contributed by atoms with Gasteiger partial charge in [-0.05, 0) is 61.6 Å². The van der Waals surface area contributed by atoms with Gasteiger partial charge in [-0.3, -0.25) is 0 Å². The second kappa shape index (κ2) is 6.70. The molecule has 1 fully saturated rings. The Labute approximate surface area is 137 Å². The van der Waals surface area contributed by atoms with Crippen molar-refractivity contribution in [2.24, 2.45) is 29.6 Å². The summed E-state index contributed by atoms with van der Waals surface area (Å²) in [6.45, 7) is 10.3. The second-order valence-electron chi connectivity index (χ2n) is 6.27. The van der Waals surface area contributed by atoms with Crippen molar-refractivity contribution in [3.8, 4) is 0 Å². The summed E-state index contributed by atoms with van der Waals surface area (Å²) < 4.78 is 0. The molecule has 0 N–H and O–H groups in total. The normalized spacial score (nSPS) is 36.9. The van der Waals surface area contributed by atoms with Gasteiger partial charge >= 0.3 is 0 Å². The van der Waals surface area contributed by atoms with Crippen LogP contribution in [0.4, 0.5) is 0 Å². The van der Waals surface area contributed by atoms with E-state index < -0.39 is 0 Å². The van der Waals surface area contributed by atoms with E-state index in [4.69, 9.17) is 0 Å². The van der Waals surface area contributed by atoms with Gasteiger partial charge in [0.05, 0.1) is 0 Å². The van der Waals surface area contributed by atoms with E-state index in [-0.39, 0.29) is 44.4 Å². The van der Waals surface area contributed by atoms with Gasteiger partial charge in [0.1, 0.15) is 0 Å². The quantitative estimate of drug-likeness (QED) is 0.554. The van der Waals surface area contributed by atoms with Gasteiger partial charge in [-0.25, -0.2) is 0 Å². The number of allylic oxidation sites excluding steroid dienone is 2. The van der Waals surface area contributed by atoms with Gasteiger partial charge < -0.3 is 11.7 Å². The minimum atomic E-state index is 0. The third-order valence-electron chi connectivity index (χ3n) is 5.17. The van der Waals surface area contributed by atoms with Crippen molar-refractivity contribution in [3.05, 3.63) is 18.6 Å². The van der Waals surface area contributed by atoms with Crippen molar-refractivity contribution in [1.82, 2.24) is 0 Å². The number of hydrogen-bond acceptors (Lipinski definition) is 1. The van der Waals surface area contributed by atoms with E-state index in [1.54, 1.807) is 0 Å². The Hall–Kier alpha value is 0.384. The summed E-state index contributed by atoms with van der Waals surface area (Å²) in [5, 5.41) is 0. The molecule has 0 aromatic heterocycles. The Bertz CT molecular complexity index is 334. The minimum absolute atomic E-state index is 0. The fourth-order valence-corrected chi connectivity index (χ4v) is 3.91. The maximum atomic E-state index is 11.5. The molecule has 0 heterocycles. The van der Waals surface area contributed by atoms with E-state index in [1.807, 2.05) is 0 Å². The predicted octanol–water partition coefficient (Wildman–Crippen LogP) is 4.04. The molecule has 0 amide bonds. The molecule has 0 saturated heterocycles. The summed E-state index contributed by atoms with van der Waals surface area (Å²) in [5.41, 5.74) is 1.52. The van der Waals surface area contributed by atoms with Crippen LogP contribution in [0, 0.1) is 36.5 Å². The third kappa shape index (κ3) is 3.28. The van der Waals surface area contributed by atoms with Gasteiger partial charge in [0.25, 0.3) is 0 Å². The van der Waals surface area contributed by atoms with Crippen molar-refractivity contribution in [1.29, 1.82) is 0 Å². The van der Waals surface area contributed by atoms with Gasteiger partial charge in [0.2, 0.25) is 0 Å². The summed E-state index contributed by atoms with van der Waals surface area (Å²) in [6.07, 6.45) is 7.53. The van der Waals surface area contributed by atoms with Crippen molar-refractivity contribution >= 4 is 5.78 Å². The van der Waals surface area contributed by atoms with Gasteiger partial charge in [-0.15, -0.1) is 0 Å². The molecule has 1 nitrogen and oxygen atoms in total. The van der Waals surface area contributed by atoms with Gasteiger partial charge in [-0.1, -0.05) is 31.9 Å². The van der Waals surface area contributed by atoms with Crippen molar-refractivity contribution in [2.45, 2.75) is 46.5 Å². The molecule has 18 heavy (non-hydrogen) atoms. The predicted molar refractivity (Wildman–Crippen MR) is 71.4 cm³/mol. The third-order valence-corrected chi connectivity index (χ3v) is 5.17.